The van der Waals surface area contributed by atoms with Gasteiger partial charge in [-0.25, -0.2) is 20.0 Å². The number of amides is 1. The highest BCUT2D eigenvalue weighted by Gasteiger charge is 2.31. The summed E-state index contributed by atoms with van der Waals surface area (Å²) in [5.74, 6) is -0.457. The Bertz CT molecular complexity index is 812. The molecule has 1 aliphatic rings. The molecule has 3 rings (SSSR count). The van der Waals surface area contributed by atoms with Crippen molar-refractivity contribution in [2.75, 3.05) is 6.61 Å². The average molecular weight is 398 g/mol. The van der Waals surface area contributed by atoms with E-state index in [9.17, 15) is 18.0 Å². The Kier molecular flexibility index (Phi) is 5.99. The van der Waals surface area contributed by atoms with Crippen LogP contribution >= 0.6 is 0 Å². The topological polar surface area (TPSA) is 78.3 Å². The summed E-state index contributed by atoms with van der Waals surface area (Å²) < 4.78 is 45.0. The zero-order valence-electron chi connectivity index (χ0n) is 15.5. The monoisotopic (exact) mass is 398 g/mol. The number of rotatable bonds is 5. The van der Waals surface area contributed by atoms with Crippen LogP contribution in [0.2, 0.25) is 0 Å². The summed E-state index contributed by atoms with van der Waals surface area (Å²) in [4.78, 5) is 21.7. The highest BCUT2D eigenvalue weighted by Crippen LogP contribution is 2.29. The molecule has 152 valence electrons. The lowest BCUT2D eigenvalue weighted by Gasteiger charge is -2.22. The summed E-state index contributed by atoms with van der Waals surface area (Å²) >= 11 is 0. The van der Waals surface area contributed by atoms with Gasteiger partial charge in [0.1, 0.15) is 0 Å². The lowest BCUT2D eigenvalue weighted by atomic mass is 10.1. The summed E-state index contributed by atoms with van der Waals surface area (Å²) in [5.41, 5.74) is 2.29. The summed E-state index contributed by atoms with van der Waals surface area (Å²) in [7, 11) is 0. The highest BCUT2D eigenvalue weighted by atomic mass is 19.4. The van der Waals surface area contributed by atoms with Crippen molar-refractivity contribution >= 4 is 5.91 Å². The molecule has 2 aromatic rings. The van der Waals surface area contributed by atoms with Crippen LogP contribution in [0.5, 0.6) is 0 Å². The molecule has 7 nitrogen and oxygen atoms in total. The Morgan fingerprint density at radius 3 is 2.68 bits per heavy atom. The van der Waals surface area contributed by atoms with Gasteiger partial charge in [-0.15, -0.1) is 0 Å². The third kappa shape index (κ3) is 4.50. The molecule has 0 spiro atoms. The van der Waals surface area contributed by atoms with E-state index in [4.69, 9.17) is 9.57 Å². The van der Waals surface area contributed by atoms with E-state index in [1.54, 1.807) is 0 Å². The van der Waals surface area contributed by atoms with Gasteiger partial charge in [0.15, 0.2) is 12.1 Å². The SMILES string of the molecule is CC(C)c1c(C(=O)NO[C@@H]2CCCCO2)cnn1-c1ccc(C(F)(F)F)cn1. The molecule has 1 atom stereocenters. The molecule has 1 saturated heterocycles. The summed E-state index contributed by atoms with van der Waals surface area (Å²) in [6.45, 7) is 4.27. The summed E-state index contributed by atoms with van der Waals surface area (Å²) in [6, 6.07) is 2.15. The van der Waals surface area contributed by atoms with E-state index in [1.807, 2.05) is 13.8 Å². The van der Waals surface area contributed by atoms with Crippen molar-refractivity contribution in [1.29, 1.82) is 0 Å². The number of hydrogen-bond donors (Lipinski definition) is 1. The Morgan fingerprint density at radius 1 is 1.32 bits per heavy atom. The van der Waals surface area contributed by atoms with Gasteiger partial charge < -0.3 is 4.74 Å². The molecular formula is C18H21F3N4O3. The van der Waals surface area contributed by atoms with Crippen molar-refractivity contribution in [2.45, 2.75) is 51.5 Å². The molecule has 0 unspecified atom stereocenters. The third-order valence-corrected chi connectivity index (χ3v) is 4.31. The van der Waals surface area contributed by atoms with E-state index in [0.29, 0.717) is 18.7 Å². The van der Waals surface area contributed by atoms with Gasteiger partial charge in [-0.3, -0.25) is 4.79 Å². The number of hydroxylamine groups is 1. The van der Waals surface area contributed by atoms with E-state index in [0.717, 1.165) is 25.1 Å². The van der Waals surface area contributed by atoms with Gasteiger partial charge in [-0.05, 0) is 30.9 Å². The Morgan fingerprint density at radius 2 is 2.11 bits per heavy atom. The van der Waals surface area contributed by atoms with Crippen molar-refractivity contribution in [3.8, 4) is 5.82 Å². The largest absolute Gasteiger partial charge is 0.417 e. The van der Waals surface area contributed by atoms with Gasteiger partial charge in [0, 0.05) is 19.2 Å². The molecule has 0 radical (unpaired) electrons. The van der Waals surface area contributed by atoms with Crippen LogP contribution in [0.25, 0.3) is 5.82 Å². The smallest absolute Gasteiger partial charge is 0.350 e. The number of hydrogen-bond acceptors (Lipinski definition) is 5. The number of halogens is 3. The molecular weight excluding hydrogens is 377 g/mol. The number of nitrogens with one attached hydrogen (secondary N) is 1. The first-order chi connectivity index (χ1) is 13.3. The number of nitrogens with zero attached hydrogens (tertiary/aromatic N) is 3. The van der Waals surface area contributed by atoms with Crippen molar-refractivity contribution in [3.05, 3.63) is 41.3 Å². The second-order valence-corrected chi connectivity index (χ2v) is 6.76. The van der Waals surface area contributed by atoms with E-state index >= 15 is 0 Å². The van der Waals surface area contributed by atoms with Crippen LogP contribution in [0.1, 0.15) is 60.6 Å². The molecule has 0 aromatic carbocycles. The van der Waals surface area contributed by atoms with E-state index in [1.165, 1.54) is 16.9 Å². The molecule has 3 heterocycles. The standard InChI is InChI=1S/C18H21F3N4O3/c1-11(2)16-13(17(26)24-28-15-5-3-4-8-27-15)10-23-25(16)14-7-6-12(9-22-14)18(19,20)21/h6-7,9-11,15H,3-5,8H2,1-2H3,(H,24,26)/t15-/m1/s1. The number of aromatic nitrogens is 3. The van der Waals surface area contributed by atoms with Gasteiger partial charge >= 0.3 is 6.18 Å². The first kappa shape index (κ1) is 20.3. The van der Waals surface area contributed by atoms with Gasteiger partial charge in [-0.1, -0.05) is 13.8 Å². The first-order valence-electron chi connectivity index (χ1n) is 8.96. The Hall–Kier alpha value is -2.46. The van der Waals surface area contributed by atoms with Crippen LogP contribution in [0.3, 0.4) is 0 Å². The Labute approximate surface area is 159 Å². The van der Waals surface area contributed by atoms with Crippen molar-refractivity contribution < 1.29 is 27.5 Å². The zero-order chi connectivity index (χ0) is 20.3. The molecule has 0 saturated carbocycles. The van der Waals surface area contributed by atoms with Crippen molar-refractivity contribution in [3.63, 3.8) is 0 Å². The number of ether oxygens (including phenoxy) is 1. The molecule has 28 heavy (non-hydrogen) atoms. The highest BCUT2D eigenvalue weighted by molar-refractivity contribution is 5.94. The van der Waals surface area contributed by atoms with Crippen LogP contribution in [0.4, 0.5) is 13.2 Å². The minimum atomic E-state index is -4.47. The maximum Gasteiger partial charge on any atom is 0.417 e. The van der Waals surface area contributed by atoms with Crippen LogP contribution < -0.4 is 5.48 Å². The van der Waals surface area contributed by atoms with Crippen LogP contribution in [0.15, 0.2) is 24.5 Å². The van der Waals surface area contributed by atoms with E-state index in [-0.39, 0.29) is 17.3 Å². The minimum Gasteiger partial charge on any atom is -0.350 e. The number of alkyl halides is 3. The van der Waals surface area contributed by atoms with Crippen LogP contribution in [-0.4, -0.2) is 33.6 Å². The number of carbonyl (C=O) groups excluding carboxylic acids is 1. The fourth-order valence-corrected chi connectivity index (χ4v) is 2.93. The average Bonchev–Trinajstić information content (AvgIpc) is 3.12. The predicted molar refractivity (Wildman–Crippen MR) is 92.6 cm³/mol. The second kappa shape index (κ2) is 8.27. The van der Waals surface area contributed by atoms with Gasteiger partial charge in [0.2, 0.25) is 0 Å². The quantitative estimate of drug-likeness (QED) is 0.779. The van der Waals surface area contributed by atoms with Gasteiger partial charge in [0.05, 0.1) is 23.0 Å². The van der Waals surface area contributed by atoms with Crippen molar-refractivity contribution in [2.24, 2.45) is 0 Å². The van der Waals surface area contributed by atoms with Crippen LogP contribution in [0, 0.1) is 0 Å². The number of pyridine rings is 1. The fourth-order valence-electron chi connectivity index (χ4n) is 2.93. The zero-order valence-corrected chi connectivity index (χ0v) is 15.5. The molecule has 1 N–H and O–H groups in total. The molecule has 10 heteroatoms. The summed E-state index contributed by atoms with van der Waals surface area (Å²) in [6.07, 6.45) is -0.286. The minimum absolute atomic E-state index is 0.140. The lowest BCUT2D eigenvalue weighted by molar-refractivity contribution is -0.186. The predicted octanol–water partition coefficient (Wildman–Crippen LogP) is 3.60. The molecule has 2 aromatic heterocycles. The third-order valence-electron chi connectivity index (χ3n) is 4.31. The van der Waals surface area contributed by atoms with E-state index in [2.05, 4.69) is 15.6 Å². The normalized spacial score (nSPS) is 17.7. The maximum absolute atomic E-state index is 12.7. The number of carbonyl (C=O) groups is 1. The molecule has 0 aliphatic carbocycles. The van der Waals surface area contributed by atoms with Gasteiger partial charge in [-0.2, -0.15) is 18.3 Å². The molecule has 0 bridgehead atoms. The van der Waals surface area contributed by atoms with Crippen molar-refractivity contribution in [1.82, 2.24) is 20.2 Å². The fraction of sp³-hybridized carbons (Fsp3) is 0.500. The molecule has 1 fully saturated rings. The Balaban J connectivity index is 1.80. The van der Waals surface area contributed by atoms with Gasteiger partial charge in [0.25, 0.3) is 5.91 Å². The van der Waals surface area contributed by atoms with E-state index < -0.39 is 23.9 Å². The lowest BCUT2D eigenvalue weighted by Crippen LogP contribution is -2.33. The van der Waals surface area contributed by atoms with Crippen LogP contribution in [-0.2, 0) is 15.8 Å². The summed E-state index contributed by atoms with van der Waals surface area (Å²) in [5, 5.41) is 4.14. The second-order valence-electron chi connectivity index (χ2n) is 6.76. The maximum atomic E-state index is 12.7. The molecule has 1 aliphatic heterocycles. The molecule has 1 amide bonds. The first-order valence-corrected chi connectivity index (χ1v) is 8.96.